The molecule has 0 aromatic heterocycles. The van der Waals surface area contributed by atoms with Crippen molar-refractivity contribution in [2.24, 2.45) is 0 Å². The summed E-state index contributed by atoms with van der Waals surface area (Å²) in [6, 6.07) is 7.69. The first-order chi connectivity index (χ1) is 6.22. The minimum atomic E-state index is -0.154. The molecule has 1 rings (SSSR count). The van der Waals surface area contributed by atoms with E-state index in [1.165, 1.54) is 0 Å². The van der Waals surface area contributed by atoms with Crippen molar-refractivity contribution < 1.29 is 5.11 Å². The molecule has 0 saturated carbocycles. The monoisotopic (exact) mass is 218 g/mol. The second-order valence-corrected chi connectivity index (χ2v) is 4.00. The van der Waals surface area contributed by atoms with Crippen LogP contribution in [0.3, 0.4) is 0 Å². The Balaban J connectivity index is 2.45. The third-order valence-corrected chi connectivity index (χ3v) is 2.42. The van der Waals surface area contributed by atoms with Crippen LogP contribution in [0.15, 0.2) is 24.3 Å². The van der Waals surface area contributed by atoms with Gasteiger partial charge in [-0.3, -0.25) is 0 Å². The fourth-order valence-corrected chi connectivity index (χ4v) is 1.43. The van der Waals surface area contributed by atoms with Gasteiger partial charge in [0, 0.05) is 5.02 Å². The van der Waals surface area contributed by atoms with Crippen LogP contribution < -0.4 is 0 Å². The molecule has 0 radical (unpaired) electrons. The average molecular weight is 219 g/mol. The molecule has 1 aromatic carbocycles. The van der Waals surface area contributed by atoms with Crippen molar-refractivity contribution in [2.75, 3.05) is 6.61 Å². The van der Waals surface area contributed by atoms with E-state index < -0.39 is 0 Å². The molecule has 1 N–H and O–H groups in total. The number of rotatable bonds is 4. The first-order valence-corrected chi connectivity index (χ1v) is 5.03. The van der Waals surface area contributed by atoms with Gasteiger partial charge >= 0.3 is 0 Å². The molecule has 13 heavy (non-hydrogen) atoms. The standard InChI is InChI=1S/C10H12Cl2O/c11-9-3-1-2-8(6-9)4-5-10(12)7-13/h1-3,6,10,13H,4-5,7H2. The van der Waals surface area contributed by atoms with Crippen LogP contribution in [0.5, 0.6) is 0 Å². The summed E-state index contributed by atoms with van der Waals surface area (Å²) in [5, 5.41) is 9.30. The molecule has 0 spiro atoms. The van der Waals surface area contributed by atoms with Gasteiger partial charge in [0.2, 0.25) is 0 Å². The topological polar surface area (TPSA) is 20.2 Å². The SMILES string of the molecule is OCC(Cl)CCc1cccc(Cl)c1. The van der Waals surface area contributed by atoms with E-state index in [1.54, 1.807) is 0 Å². The van der Waals surface area contributed by atoms with Gasteiger partial charge in [0.05, 0.1) is 12.0 Å². The molecule has 0 aliphatic carbocycles. The predicted molar refractivity (Wildman–Crippen MR) is 56.5 cm³/mol. The van der Waals surface area contributed by atoms with Gasteiger partial charge in [-0.25, -0.2) is 0 Å². The van der Waals surface area contributed by atoms with Crippen LogP contribution in [0.25, 0.3) is 0 Å². The Hall–Kier alpha value is -0.240. The van der Waals surface area contributed by atoms with Crippen LogP contribution in [0, 0.1) is 0 Å². The maximum absolute atomic E-state index is 8.71. The van der Waals surface area contributed by atoms with Crippen molar-refractivity contribution in [3.8, 4) is 0 Å². The smallest absolute Gasteiger partial charge is 0.0595 e. The third kappa shape index (κ3) is 3.99. The molecular formula is C10H12Cl2O. The molecule has 3 heteroatoms. The van der Waals surface area contributed by atoms with E-state index in [4.69, 9.17) is 28.3 Å². The zero-order valence-corrected chi connectivity index (χ0v) is 8.72. The minimum Gasteiger partial charge on any atom is -0.395 e. The molecule has 0 bridgehead atoms. The second kappa shape index (κ2) is 5.48. The molecule has 1 aromatic rings. The predicted octanol–water partition coefficient (Wildman–Crippen LogP) is 2.87. The van der Waals surface area contributed by atoms with Gasteiger partial charge in [-0.2, -0.15) is 0 Å². The molecule has 0 aliphatic heterocycles. The number of alkyl halides is 1. The lowest BCUT2D eigenvalue weighted by molar-refractivity contribution is 0.288. The van der Waals surface area contributed by atoms with Gasteiger partial charge in [0.1, 0.15) is 0 Å². The van der Waals surface area contributed by atoms with Crippen LogP contribution in [-0.2, 0) is 6.42 Å². The highest BCUT2D eigenvalue weighted by atomic mass is 35.5. The van der Waals surface area contributed by atoms with Crippen molar-refractivity contribution in [1.29, 1.82) is 0 Å². The zero-order chi connectivity index (χ0) is 9.68. The Kier molecular flexibility index (Phi) is 4.57. The number of aliphatic hydroxyl groups is 1. The Bertz CT molecular complexity index is 263. The van der Waals surface area contributed by atoms with E-state index in [0.29, 0.717) is 0 Å². The molecule has 0 amide bonds. The van der Waals surface area contributed by atoms with Crippen molar-refractivity contribution in [3.63, 3.8) is 0 Å². The lowest BCUT2D eigenvalue weighted by Crippen LogP contribution is -2.05. The fourth-order valence-electron chi connectivity index (χ4n) is 1.11. The van der Waals surface area contributed by atoms with Crippen molar-refractivity contribution in [3.05, 3.63) is 34.9 Å². The molecule has 1 atom stereocenters. The number of halogens is 2. The largest absolute Gasteiger partial charge is 0.395 e. The summed E-state index contributed by atoms with van der Waals surface area (Å²) in [4.78, 5) is 0. The first kappa shape index (κ1) is 10.8. The van der Waals surface area contributed by atoms with E-state index in [9.17, 15) is 0 Å². The molecule has 0 heterocycles. The summed E-state index contributed by atoms with van der Waals surface area (Å²) in [6.45, 7) is 0.0299. The van der Waals surface area contributed by atoms with Crippen LogP contribution in [-0.4, -0.2) is 17.1 Å². The number of aryl methyl sites for hydroxylation is 1. The quantitative estimate of drug-likeness (QED) is 0.772. The summed E-state index contributed by atoms with van der Waals surface area (Å²) in [6.07, 6.45) is 1.63. The highest BCUT2D eigenvalue weighted by Crippen LogP contribution is 2.14. The zero-order valence-electron chi connectivity index (χ0n) is 7.21. The molecule has 0 aliphatic rings. The van der Waals surface area contributed by atoms with Gasteiger partial charge in [0.25, 0.3) is 0 Å². The highest BCUT2D eigenvalue weighted by molar-refractivity contribution is 6.30. The molecule has 1 nitrogen and oxygen atoms in total. The Labute approximate surface area is 88.3 Å². The minimum absolute atomic E-state index is 0.0299. The first-order valence-electron chi connectivity index (χ1n) is 4.21. The van der Waals surface area contributed by atoms with E-state index in [2.05, 4.69) is 0 Å². The van der Waals surface area contributed by atoms with Crippen molar-refractivity contribution in [2.45, 2.75) is 18.2 Å². The lowest BCUT2D eigenvalue weighted by atomic mass is 10.1. The van der Waals surface area contributed by atoms with Gasteiger partial charge in [-0.15, -0.1) is 11.6 Å². The third-order valence-electron chi connectivity index (χ3n) is 1.83. The molecule has 72 valence electrons. The Morgan fingerprint density at radius 1 is 1.38 bits per heavy atom. The molecular weight excluding hydrogens is 207 g/mol. The van der Waals surface area contributed by atoms with Gasteiger partial charge < -0.3 is 5.11 Å². The summed E-state index contributed by atoms with van der Waals surface area (Å²) in [5.74, 6) is 0. The number of aliphatic hydroxyl groups excluding tert-OH is 1. The average Bonchev–Trinajstić information content (AvgIpc) is 2.14. The Morgan fingerprint density at radius 2 is 2.15 bits per heavy atom. The van der Waals surface area contributed by atoms with Crippen LogP contribution >= 0.6 is 23.2 Å². The van der Waals surface area contributed by atoms with E-state index in [0.717, 1.165) is 23.4 Å². The maximum Gasteiger partial charge on any atom is 0.0595 e. The number of hydrogen-bond donors (Lipinski definition) is 1. The normalized spacial score (nSPS) is 12.8. The van der Waals surface area contributed by atoms with Crippen LogP contribution in [0.4, 0.5) is 0 Å². The molecule has 0 saturated heterocycles. The molecule has 0 fully saturated rings. The Morgan fingerprint density at radius 3 is 2.77 bits per heavy atom. The maximum atomic E-state index is 8.71. The van der Waals surface area contributed by atoms with Gasteiger partial charge in [-0.05, 0) is 30.5 Å². The fraction of sp³-hybridized carbons (Fsp3) is 0.400. The summed E-state index contributed by atoms with van der Waals surface area (Å²) in [7, 11) is 0. The van der Waals surface area contributed by atoms with Crippen molar-refractivity contribution in [1.82, 2.24) is 0 Å². The number of hydrogen-bond acceptors (Lipinski definition) is 1. The van der Waals surface area contributed by atoms with Crippen LogP contribution in [0.2, 0.25) is 5.02 Å². The second-order valence-electron chi connectivity index (χ2n) is 2.95. The highest BCUT2D eigenvalue weighted by Gasteiger charge is 2.02. The van der Waals surface area contributed by atoms with E-state index >= 15 is 0 Å². The molecule has 1 unspecified atom stereocenters. The van der Waals surface area contributed by atoms with Crippen LogP contribution in [0.1, 0.15) is 12.0 Å². The summed E-state index contributed by atoms with van der Waals surface area (Å²) < 4.78 is 0. The summed E-state index contributed by atoms with van der Waals surface area (Å²) in [5.41, 5.74) is 1.16. The van der Waals surface area contributed by atoms with Crippen molar-refractivity contribution >= 4 is 23.2 Å². The van der Waals surface area contributed by atoms with E-state index in [-0.39, 0.29) is 12.0 Å². The van der Waals surface area contributed by atoms with E-state index in [1.807, 2.05) is 24.3 Å². The number of benzene rings is 1. The summed E-state index contributed by atoms with van der Waals surface area (Å²) >= 11 is 11.6. The lowest BCUT2D eigenvalue weighted by Gasteiger charge is -2.05. The van der Waals surface area contributed by atoms with Gasteiger partial charge in [0.15, 0.2) is 0 Å². The van der Waals surface area contributed by atoms with Gasteiger partial charge in [-0.1, -0.05) is 23.7 Å².